The Hall–Kier alpha value is -2.08. The molecule has 0 aliphatic rings. The lowest BCUT2D eigenvalue weighted by atomic mass is 10.0. The van der Waals surface area contributed by atoms with Gasteiger partial charge in [0, 0.05) is 11.8 Å². The summed E-state index contributed by atoms with van der Waals surface area (Å²) in [5.41, 5.74) is 1.02. The first-order chi connectivity index (χ1) is 14.3. The topological polar surface area (TPSA) is 52.9 Å². The molecule has 0 aromatic heterocycles. The Morgan fingerprint density at radius 3 is 2.00 bits per heavy atom. The molecule has 3 heteroatoms. The van der Waals surface area contributed by atoms with Crippen molar-refractivity contribution in [3.8, 4) is 6.07 Å². The number of allylic oxidation sites excluding steroid dienone is 1. The minimum absolute atomic E-state index is 0.167. The summed E-state index contributed by atoms with van der Waals surface area (Å²) >= 11 is 0. The minimum Gasteiger partial charge on any atom is -0.329 e. The van der Waals surface area contributed by atoms with Crippen LogP contribution in [0.5, 0.6) is 0 Å². The van der Waals surface area contributed by atoms with Crippen LogP contribution in [0.4, 0.5) is 0 Å². The zero-order chi connectivity index (χ0) is 21.0. The van der Waals surface area contributed by atoms with Crippen LogP contribution in [0.2, 0.25) is 0 Å². The lowest BCUT2D eigenvalue weighted by Crippen LogP contribution is -2.16. The molecule has 160 valence electrons. The Kier molecular flexibility index (Phi) is 15.5. The molecule has 0 bridgehead atoms. The van der Waals surface area contributed by atoms with Gasteiger partial charge in [-0.3, -0.25) is 4.79 Å². The molecule has 1 aromatic carbocycles. The summed E-state index contributed by atoms with van der Waals surface area (Å²) in [5, 5.41) is 11.7. The van der Waals surface area contributed by atoms with Gasteiger partial charge in [0.25, 0.3) is 5.91 Å². The Morgan fingerprint density at radius 1 is 0.897 bits per heavy atom. The zero-order valence-electron chi connectivity index (χ0n) is 18.4. The monoisotopic (exact) mass is 396 g/mol. The smallest absolute Gasteiger partial charge is 0.255 e. The number of benzene rings is 1. The van der Waals surface area contributed by atoms with E-state index in [4.69, 9.17) is 5.26 Å². The van der Waals surface area contributed by atoms with E-state index in [0.29, 0.717) is 11.1 Å². The normalized spacial score (nSPS) is 10.9. The third-order valence-electron chi connectivity index (χ3n) is 5.31. The number of carbonyl (C=O) groups is 1. The van der Waals surface area contributed by atoms with Gasteiger partial charge >= 0.3 is 0 Å². The number of rotatable bonds is 17. The molecule has 0 spiro atoms. The van der Waals surface area contributed by atoms with Gasteiger partial charge in [0.1, 0.15) is 0 Å². The van der Waals surface area contributed by atoms with Gasteiger partial charge in [0.2, 0.25) is 0 Å². The van der Waals surface area contributed by atoms with E-state index in [2.05, 4.69) is 12.2 Å². The fourth-order valence-corrected chi connectivity index (χ4v) is 3.49. The number of nitriles is 1. The van der Waals surface area contributed by atoms with Gasteiger partial charge < -0.3 is 5.32 Å². The van der Waals surface area contributed by atoms with Crippen LogP contribution < -0.4 is 5.32 Å². The molecule has 0 aliphatic carbocycles. The first kappa shape index (κ1) is 25.0. The summed E-state index contributed by atoms with van der Waals surface area (Å²) in [4.78, 5) is 12.0. The molecular formula is C26H40N2O. The second-order valence-electron chi connectivity index (χ2n) is 7.95. The highest BCUT2D eigenvalue weighted by molar-refractivity contribution is 5.95. The Labute approximate surface area is 178 Å². The predicted octanol–water partition coefficient (Wildman–Crippen LogP) is 7.67. The van der Waals surface area contributed by atoms with Crippen LogP contribution in [0.15, 0.2) is 36.5 Å². The second-order valence-corrected chi connectivity index (χ2v) is 7.95. The van der Waals surface area contributed by atoms with E-state index in [1.165, 1.54) is 89.9 Å². The van der Waals surface area contributed by atoms with Gasteiger partial charge in [-0.2, -0.15) is 5.26 Å². The Morgan fingerprint density at radius 2 is 1.45 bits per heavy atom. The van der Waals surface area contributed by atoms with E-state index in [9.17, 15) is 4.79 Å². The van der Waals surface area contributed by atoms with Crippen molar-refractivity contribution in [3.63, 3.8) is 0 Å². The van der Waals surface area contributed by atoms with Crippen molar-refractivity contribution >= 4 is 5.91 Å². The van der Waals surface area contributed by atoms with E-state index in [-0.39, 0.29) is 5.91 Å². The van der Waals surface area contributed by atoms with Crippen LogP contribution in [0.25, 0.3) is 0 Å². The molecule has 0 aliphatic heterocycles. The van der Waals surface area contributed by atoms with Gasteiger partial charge in [-0.1, -0.05) is 103 Å². The molecule has 29 heavy (non-hydrogen) atoms. The van der Waals surface area contributed by atoms with Crippen LogP contribution in [-0.4, -0.2) is 5.91 Å². The van der Waals surface area contributed by atoms with Crippen molar-refractivity contribution in [1.29, 1.82) is 5.26 Å². The van der Waals surface area contributed by atoms with Crippen LogP contribution in [0, 0.1) is 11.3 Å². The van der Waals surface area contributed by atoms with Crippen LogP contribution in [-0.2, 0) is 0 Å². The molecule has 1 aromatic rings. The number of hydrogen-bond acceptors (Lipinski definition) is 2. The fraction of sp³-hybridized carbons (Fsp3) is 0.615. The number of unbranched alkanes of at least 4 members (excludes halogenated alkanes) is 14. The SMILES string of the molecule is CCCCCCCCCCCCCCCCC=CNC(=O)c1cccc(C#N)c1. The zero-order valence-corrected chi connectivity index (χ0v) is 18.4. The number of amides is 1. The number of nitrogens with one attached hydrogen (secondary N) is 1. The van der Waals surface area contributed by atoms with E-state index >= 15 is 0 Å². The first-order valence-electron chi connectivity index (χ1n) is 11.7. The summed E-state index contributed by atoms with van der Waals surface area (Å²) in [7, 11) is 0. The van der Waals surface area contributed by atoms with Gasteiger partial charge in [-0.05, 0) is 31.0 Å². The third kappa shape index (κ3) is 13.7. The second kappa shape index (κ2) is 18.0. The van der Waals surface area contributed by atoms with Crippen molar-refractivity contribution in [2.24, 2.45) is 0 Å². The van der Waals surface area contributed by atoms with Crippen molar-refractivity contribution in [1.82, 2.24) is 5.32 Å². The summed E-state index contributed by atoms with van der Waals surface area (Å²) in [6, 6.07) is 8.80. The quantitative estimate of drug-likeness (QED) is 0.275. The lowest BCUT2D eigenvalue weighted by molar-refractivity contribution is 0.0970. The molecule has 1 rings (SSSR count). The summed E-state index contributed by atoms with van der Waals surface area (Å²) in [6.07, 6.45) is 23.9. The minimum atomic E-state index is -0.167. The molecule has 0 unspecified atom stereocenters. The van der Waals surface area contributed by atoms with E-state index < -0.39 is 0 Å². The molecule has 0 fully saturated rings. The van der Waals surface area contributed by atoms with Crippen molar-refractivity contribution in [2.45, 2.75) is 103 Å². The molecule has 0 saturated heterocycles. The predicted molar refractivity (Wildman–Crippen MR) is 123 cm³/mol. The van der Waals surface area contributed by atoms with Gasteiger partial charge in [0.15, 0.2) is 0 Å². The van der Waals surface area contributed by atoms with Crippen molar-refractivity contribution in [3.05, 3.63) is 47.7 Å². The standard InChI is InChI=1S/C26H40N2O/c1-2-3-4-5-6-7-8-9-10-11-12-13-14-15-16-17-21-28-26(29)25-20-18-19-24(22-25)23-27/h17-22H,2-16H2,1H3,(H,28,29). The molecular weight excluding hydrogens is 356 g/mol. The maximum absolute atomic E-state index is 12.0. The first-order valence-corrected chi connectivity index (χ1v) is 11.7. The fourth-order valence-electron chi connectivity index (χ4n) is 3.49. The van der Waals surface area contributed by atoms with Crippen LogP contribution in [0.3, 0.4) is 0 Å². The van der Waals surface area contributed by atoms with Gasteiger partial charge in [0.05, 0.1) is 11.6 Å². The van der Waals surface area contributed by atoms with Crippen LogP contribution >= 0.6 is 0 Å². The van der Waals surface area contributed by atoms with Gasteiger partial charge in [-0.15, -0.1) is 0 Å². The number of nitrogens with zero attached hydrogens (tertiary/aromatic N) is 1. The Bertz CT molecular complexity index is 615. The maximum Gasteiger partial charge on any atom is 0.255 e. The highest BCUT2D eigenvalue weighted by Gasteiger charge is 2.03. The largest absolute Gasteiger partial charge is 0.329 e. The molecule has 0 saturated carbocycles. The summed E-state index contributed by atoms with van der Waals surface area (Å²) in [6.45, 7) is 2.27. The molecule has 0 atom stereocenters. The summed E-state index contributed by atoms with van der Waals surface area (Å²) in [5.74, 6) is -0.167. The van der Waals surface area contributed by atoms with E-state index in [0.717, 1.165) is 6.42 Å². The maximum atomic E-state index is 12.0. The van der Waals surface area contributed by atoms with Crippen LogP contribution in [0.1, 0.15) is 119 Å². The average molecular weight is 397 g/mol. The lowest BCUT2D eigenvalue weighted by Gasteiger charge is -2.03. The average Bonchev–Trinajstić information content (AvgIpc) is 2.75. The molecule has 0 radical (unpaired) electrons. The third-order valence-corrected chi connectivity index (χ3v) is 5.31. The summed E-state index contributed by atoms with van der Waals surface area (Å²) < 4.78 is 0. The molecule has 0 heterocycles. The van der Waals surface area contributed by atoms with E-state index in [1.54, 1.807) is 30.5 Å². The Balaban J connectivity index is 1.89. The highest BCUT2D eigenvalue weighted by atomic mass is 16.1. The number of hydrogen-bond donors (Lipinski definition) is 1. The van der Waals surface area contributed by atoms with Gasteiger partial charge in [-0.25, -0.2) is 0 Å². The van der Waals surface area contributed by atoms with Crippen molar-refractivity contribution in [2.75, 3.05) is 0 Å². The molecule has 3 nitrogen and oxygen atoms in total. The van der Waals surface area contributed by atoms with Crippen molar-refractivity contribution < 1.29 is 4.79 Å². The highest BCUT2D eigenvalue weighted by Crippen LogP contribution is 2.13. The number of carbonyl (C=O) groups excluding carboxylic acids is 1. The van der Waals surface area contributed by atoms with E-state index in [1.807, 2.05) is 12.1 Å². The molecule has 1 amide bonds. The molecule has 1 N–H and O–H groups in total.